The highest BCUT2D eigenvalue weighted by atomic mass is 16.2. The number of anilines is 1. The van der Waals surface area contributed by atoms with Crippen molar-refractivity contribution in [3.63, 3.8) is 0 Å². The van der Waals surface area contributed by atoms with Gasteiger partial charge in [0.05, 0.1) is 11.4 Å². The maximum Gasteiger partial charge on any atom is 0.276 e. The molecule has 20 heavy (non-hydrogen) atoms. The number of carbonyl (C=O) groups is 1. The summed E-state index contributed by atoms with van der Waals surface area (Å²) in [7, 11) is 2.11. The minimum Gasteiger partial charge on any atom is -0.395 e. The third-order valence-electron chi connectivity index (χ3n) is 4.15. The predicted molar refractivity (Wildman–Crippen MR) is 79.7 cm³/mol. The van der Waals surface area contributed by atoms with Gasteiger partial charge in [0.25, 0.3) is 5.91 Å². The summed E-state index contributed by atoms with van der Waals surface area (Å²) in [6.07, 6.45) is 1.04. The molecule has 0 saturated carbocycles. The van der Waals surface area contributed by atoms with Crippen molar-refractivity contribution < 1.29 is 4.79 Å². The molecule has 0 spiro atoms. The number of nitrogens with two attached hydrogens (primary N) is 1. The molecule has 1 atom stereocenters. The van der Waals surface area contributed by atoms with Crippen LogP contribution in [0.25, 0.3) is 0 Å². The van der Waals surface area contributed by atoms with Crippen LogP contribution in [-0.2, 0) is 0 Å². The van der Waals surface area contributed by atoms with E-state index in [0.29, 0.717) is 17.4 Å². The molecule has 1 aliphatic heterocycles. The molecule has 1 aromatic rings. The van der Waals surface area contributed by atoms with Gasteiger partial charge < -0.3 is 10.6 Å². The van der Waals surface area contributed by atoms with Crippen LogP contribution in [0.1, 0.15) is 49.3 Å². The topological polar surface area (TPSA) is 78.2 Å². The summed E-state index contributed by atoms with van der Waals surface area (Å²) in [5.74, 6) is 0.178. The van der Waals surface area contributed by atoms with Crippen LogP contribution in [0.15, 0.2) is 0 Å². The minimum absolute atomic E-state index is 0.0581. The number of likely N-dealkylation sites (N-methyl/N-ethyl adjacent to an activating group) is 1. The van der Waals surface area contributed by atoms with Crippen LogP contribution in [0.3, 0.4) is 0 Å². The van der Waals surface area contributed by atoms with E-state index in [1.54, 1.807) is 0 Å². The monoisotopic (exact) mass is 279 g/mol. The van der Waals surface area contributed by atoms with Gasteiger partial charge in [0.2, 0.25) is 0 Å². The summed E-state index contributed by atoms with van der Waals surface area (Å²) in [5.41, 5.74) is 7.76. The van der Waals surface area contributed by atoms with Gasteiger partial charge >= 0.3 is 0 Å². The molecule has 1 saturated heterocycles. The van der Waals surface area contributed by atoms with E-state index >= 15 is 0 Å². The van der Waals surface area contributed by atoms with Crippen LogP contribution in [0, 0.1) is 0 Å². The number of amides is 1. The molecule has 1 aromatic heterocycles. The van der Waals surface area contributed by atoms with E-state index < -0.39 is 0 Å². The van der Waals surface area contributed by atoms with Gasteiger partial charge in [-0.1, -0.05) is 20.8 Å². The highest BCUT2D eigenvalue weighted by Crippen LogP contribution is 2.24. The van der Waals surface area contributed by atoms with Crippen molar-refractivity contribution in [3.8, 4) is 0 Å². The molecule has 3 N–H and O–H groups in total. The van der Waals surface area contributed by atoms with E-state index in [2.05, 4.69) is 29.1 Å². The number of nitrogens with one attached hydrogen (secondary N) is 1. The highest BCUT2D eigenvalue weighted by molar-refractivity contribution is 5.97. The third-order valence-corrected chi connectivity index (χ3v) is 4.15. The van der Waals surface area contributed by atoms with E-state index in [9.17, 15) is 4.79 Å². The van der Waals surface area contributed by atoms with Crippen LogP contribution in [-0.4, -0.2) is 58.6 Å². The van der Waals surface area contributed by atoms with Crippen molar-refractivity contribution in [2.45, 2.75) is 39.2 Å². The Hall–Kier alpha value is -1.56. The Morgan fingerprint density at radius 1 is 1.50 bits per heavy atom. The van der Waals surface area contributed by atoms with Gasteiger partial charge in [-0.25, -0.2) is 0 Å². The zero-order chi connectivity index (χ0) is 14.9. The van der Waals surface area contributed by atoms with E-state index in [4.69, 9.17) is 5.73 Å². The lowest BCUT2D eigenvalue weighted by molar-refractivity contribution is 0.0537. The lowest BCUT2D eigenvalue weighted by Crippen LogP contribution is -2.53. The van der Waals surface area contributed by atoms with Crippen LogP contribution in [0.2, 0.25) is 0 Å². The summed E-state index contributed by atoms with van der Waals surface area (Å²) in [4.78, 5) is 16.7. The molecule has 0 bridgehead atoms. The van der Waals surface area contributed by atoms with Gasteiger partial charge in [0.1, 0.15) is 0 Å². The molecule has 2 rings (SSSR count). The van der Waals surface area contributed by atoms with Gasteiger partial charge in [0, 0.05) is 25.7 Å². The number of piperazine rings is 1. The smallest absolute Gasteiger partial charge is 0.276 e. The van der Waals surface area contributed by atoms with Crippen LogP contribution >= 0.6 is 0 Å². The maximum absolute atomic E-state index is 12.6. The second-order valence-corrected chi connectivity index (χ2v) is 5.85. The molecule has 2 heterocycles. The number of hydrogen-bond donors (Lipinski definition) is 2. The quantitative estimate of drug-likeness (QED) is 0.873. The van der Waals surface area contributed by atoms with Crippen molar-refractivity contribution in [1.82, 2.24) is 20.0 Å². The Kier molecular flexibility index (Phi) is 4.32. The molecule has 0 aliphatic carbocycles. The van der Waals surface area contributed by atoms with Crippen LogP contribution < -0.4 is 5.73 Å². The predicted octanol–water partition coefficient (Wildman–Crippen LogP) is 1.28. The Morgan fingerprint density at radius 2 is 2.20 bits per heavy atom. The Bertz CT molecular complexity index is 482. The zero-order valence-electron chi connectivity index (χ0n) is 12.8. The van der Waals surface area contributed by atoms with Crippen molar-refractivity contribution in [2.24, 2.45) is 0 Å². The largest absolute Gasteiger partial charge is 0.395 e. The Balaban J connectivity index is 2.15. The average Bonchev–Trinajstić information content (AvgIpc) is 2.80. The molecular weight excluding hydrogens is 254 g/mol. The number of aromatic nitrogens is 2. The highest BCUT2D eigenvalue weighted by Gasteiger charge is 2.29. The van der Waals surface area contributed by atoms with Crippen molar-refractivity contribution in [2.75, 3.05) is 32.4 Å². The number of aromatic amines is 1. The van der Waals surface area contributed by atoms with E-state index in [1.165, 1.54) is 0 Å². The van der Waals surface area contributed by atoms with Crippen LogP contribution in [0.5, 0.6) is 0 Å². The van der Waals surface area contributed by atoms with Crippen molar-refractivity contribution >= 4 is 11.6 Å². The summed E-state index contributed by atoms with van der Waals surface area (Å²) in [6.45, 7) is 8.58. The SMILES string of the molecule is CCC1CN(C(=O)c2n[nH]c(C(C)C)c2N)CCN1C. The summed E-state index contributed by atoms with van der Waals surface area (Å²) >= 11 is 0. The number of carbonyl (C=O) groups excluding carboxylic acids is 1. The minimum atomic E-state index is -0.0581. The van der Waals surface area contributed by atoms with Gasteiger partial charge in [0.15, 0.2) is 5.69 Å². The molecule has 6 nitrogen and oxygen atoms in total. The molecule has 0 radical (unpaired) electrons. The fourth-order valence-corrected chi connectivity index (χ4v) is 2.69. The standard InChI is InChI=1S/C14H25N5O/c1-5-10-8-19(7-6-18(10)4)14(20)13-11(15)12(9(2)3)16-17-13/h9-10H,5-8,15H2,1-4H3,(H,16,17). The normalized spacial score (nSPS) is 20.6. The summed E-state index contributed by atoms with van der Waals surface area (Å²) in [5, 5.41) is 7.02. The second-order valence-electron chi connectivity index (χ2n) is 5.85. The van der Waals surface area contributed by atoms with E-state index in [-0.39, 0.29) is 11.8 Å². The molecule has 112 valence electrons. The second kappa shape index (κ2) is 5.83. The molecule has 6 heteroatoms. The fourth-order valence-electron chi connectivity index (χ4n) is 2.69. The molecule has 1 amide bonds. The van der Waals surface area contributed by atoms with Crippen LogP contribution in [0.4, 0.5) is 5.69 Å². The Morgan fingerprint density at radius 3 is 2.75 bits per heavy atom. The van der Waals surface area contributed by atoms with Gasteiger partial charge in [-0.2, -0.15) is 5.10 Å². The Labute approximate surface area is 120 Å². The van der Waals surface area contributed by atoms with Gasteiger partial charge in [-0.05, 0) is 19.4 Å². The van der Waals surface area contributed by atoms with Gasteiger partial charge in [-0.3, -0.25) is 14.8 Å². The van der Waals surface area contributed by atoms with E-state index in [0.717, 1.165) is 31.7 Å². The number of hydrogen-bond acceptors (Lipinski definition) is 4. The van der Waals surface area contributed by atoms with Gasteiger partial charge in [-0.15, -0.1) is 0 Å². The summed E-state index contributed by atoms with van der Waals surface area (Å²) in [6, 6.07) is 0.414. The average molecular weight is 279 g/mol. The lowest BCUT2D eigenvalue weighted by Gasteiger charge is -2.38. The van der Waals surface area contributed by atoms with Crippen molar-refractivity contribution in [1.29, 1.82) is 0 Å². The van der Waals surface area contributed by atoms with E-state index in [1.807, 2.05) is 18.7 Å². The molecule has 1 fully saturated rings. The number of nitrogens with zero attached hydrogens (tertiary/aromatic N) is 3. The molecule has 1 aliphatic rings. The molecule has 1 unspecified atom stereocenters. The van der Waals surface area contributed by atoms with Crippen molar-refractivity contribution in [3.05, 3.63) is 11.4 Å². The first kappa shape index (κ1) is 14.8. The fraction of sp³-hybridized carbons (Fsp3) is 0.714. The maximum atomic E-state index is 12.6. The lowest BCUT2D eigenvalue weighted by atomic mass is 10.1. The molecule has 0 aromatic carbocycles. The summed E-state index contributed by atoms with van der Waals surface area (Å²) < 4.78 is 0. The number of rotatable bonds is 3. The molecular formula is C14H25N5O. The first-order valence-corrected chi connectivity index (χ1v) is 7.28. The number of nitrogen functional groups attached to an aromatic ring is 1. The third kappa shape index (κ3) is 2.65. The first-order chi connectivity index (χ1) is 9.45. The number of H-pyrrole nitrogens is 1. The first-order valence-electron chi connectivity index (χ1n) is 7.28. The zero-order valence-corrected chi connectivity index (χ0v) is 12.8.